The van der Waals surface area contributed by atoms with Gasteiger partial charge in [0.25, 0.3) is 11.8 Å². The van der Waals surface area contributed by atoms with Gasteiger partial charge in [0.15, 0.2) is 6.61 Å². The molecule has 1 fully saturated rings. The Morgan fingerprint density at radius 3 is 2.38 bits per heavy atom. The molecule has 0 aromatic heterocycles. The highest BCUT2D eigenvalue weighted by Crippen LogP contribution is 2.27. The Hall–Kier alpha value is -3.84. The number of carbonyl (C=O) groups excluding carboxylic acids is 4. The Morgan fingerprint density at radius 1 is 1.12 bits per heavy atom. The minimum Gasteiger partial charge on any atom is -0.454 e. The van der Waals surface area contributed by atoms with Crippen molar-refractivity contribution in [1.82, 2.24) is 20.5 Å². The third-order valence-corrected chi connectivity index (χ3v) is 6.51. The van der Waals surface area contributed by atoms with Gasteiger partial charge in [-0.1, -0.05) is 42.5 Å². The zero-order valence-electron chi connectivity index (χ0n) is 18.1. The maximum absolute atomic E-state index is 13.8. The second kappa shape index (κ2) is 9.57. The molecule has 34 heavy (non-hydrogen) atoms. The maximum atomic E-state index is 13.8. The number of halogens is 1. The van der Waals surface area contributed by atoms with Crippen molar-refractivity contribution in [3.63, 3.8) is 0 Å². The number of hydrazine groups is 1. The van der Waals surface area contributed by atoms with Crippen LogP contribution in [0, 0.1) is 5.82 Å². The molecule has 2 atom stereocenters. The Bertz CT molecular complexity index is 1240. The van der Waals surface area contributed by atoms with E-state index >= 15 is 0 Å². The molecule has 1 heterocycles. The molecule has 1 unspecified atom stereocenters. The summed E-state index contributed by atoms with van der Waals surface area (Å²) < 4.78 is 45.0. The van der Waals surface area contributed by atoms with E-state index in [-0.39, 0.29) is 0 Å². The lowest BCUT2D eigenvalue weighted by Crippen LogP contribution is -2.49. The lowest BCUT2D eigenvalue weighted by Gasteiger charge is -2.22. The van der Waals surface area contributed by atoms with Crippen LogP contribution in [0.2, 0.25) is 0 Å². The Morgan fingerprint density at radius 2 is 1.74 bits per heavy atom. The number of nitrogens with zero attached hydrogens (tertiary/aromatic N) is 1. The predicted octanol–water partition coefficient (Wildman–Crippen LogP) is 0.534. The van der Waals surface area contributed by atoms with E-state index in [4.69, 9.17) is 4.74 Å². The molecule has 3 rings (SSSR count). The molecule has 1 aliphatic rings. The zero-order chi connectivity index (χ0) is 25.1. The van der Waals surface area contributed by atoms with Crippen molar-refractivity contribution in [2.45, 2.75) is 30.3 Å². The summed E-state index contributed by atoms with van der Waals surface area (Å²) in [4.78, 5) is 48.6. The summed E-state index contributed by atoms with van der Waals surface area (Å²) in [5.74, 6) is -3.92. The molecule has 1 saturated heterocycles. The smallest absolute Gasteiger partial charge is 0.344 e. The number of imide groups is 1. The normalized spacial score (nSPS) is 18.9. The number of ether oxygens (including phenoxy) is 1. The second-order valence-corrected chi connectivity index (χ2v) is 9.16. The fourth-order valence-corrected chi connectivity index (χ4v) is 4.40. The van der Waals surface area contributed by atoms with Crippen molar-refractivity contribution >= 4 is 33.8 Å². The van der Waals surface area contributed by atoms with Gasteiger partial charge in [-0.3, -0.25) is 19.8 Å². The number of esters is 1. The van der Waals surface area contributed by atoms with E-state index in [2.05, 4.69) is 5.32 Å². The minimum atomic E-state index is -4.38. The number of benzene rings is 2. The molecule has 0 aliphatic carbocycles. The van der Waals surface area contributed by atoms with E-state index in [1.165, 1.54) is 19.1 Å². The van der Waals surface area contributed by atoms with E-state index in [9.17, 15) is 32.0 Å². The third-order valence-electron chi connectivity index (χ3n) is 4.94. The highest BCUT2D eigenvalue weighted by atomic mass is 32.2. The van der Waals surface area contributed by atoms with Crippen LogP contribution >= 0.6 is 0 Å². The summed E-state index contributed by atoms with van der Waals surface area (Å²) in [6.45, 7) is 1.70. The molecular formula is C21H21FN4O7S. The summed E-state index contributed by atoms with van der Waals surface area (Å²) >= 11 is 0. The van der Waals surface area contributed by atoms with Gasteiger partial charge in [0.05, 0.1) is 0 Å². The summed E-state index contributed by atoms with van der Waals surface area (Å²) in [7, 11) is -4.38. The maximum Gasteiger partial charge on any atom is 0.344 e. The van der Waals surface area contributed by atoms with E-state index < -0.39 is 62.7 Å². The van der Waals surface area contributed by atoms with Gasteiger partial charge < -0.3 is 10.1 Å². The summed E-state index contributed by atoms with van der Waals surface area (Å²) in [5, 5.41) is 2.95. The lowest BCUT2D eigenvalue weighted by atomic mass is 9.92. The summed E-state index contributed by atoms with van der Waals surface area (Å²) in [5.41, 5.74) is 1.12. The molecule has 180 valence electrons. The SMILES string of the molecule is C[C@H](NS(=O)(=O)c1ccccc1F)C(=O)OCC(=O)NN1C(=O)NC(C)(c2ccccc2)C1=O. The molecule has 2 aromatic rings. The molecule has 0 saturated carbocycles. The van der Waals surface area contributed by atoms with Crippen LogP contribution in [0.25, 0.3) is 0 Å². The van der Waals surface area contributed by atoms with Gasteiger partial charge >= 0.3 is 12.0 Å². The van der Waals surface area contributed by atoms with Crippen molar-refractivity contribution < 1.29 is 36.7 Å². The molecular weight excluding hydrogens is 471 g/mol. The van der Waals surface area contributed by atoms with E-state index in [0.29, 0.717) is 10.6 Å². The molecule has 4 amide bonds. The molecule has 2 aromatic carbocycles. The fourth-order valence-electron chi connectivity index (χ4n) is 3.13. The van der Waals surface area contributed by atoms with Crippen LogP contribution in [0.3, 0.4) is 0 Å². The predicted molar refractivity (Wildman–Crippen MR) is 114 cm³/mol. The van der Waals surface area contributed by atoms with Crippen molar-refractivity contribution in [1.29, 1.82) is 0 Å². The number of hydrogen-bond donors (Lipinski definition) is 3. The van der Waals surface area contributed by atoms with Gasteiger partial charge in [-0.05, 0) is 31.5 Å². The number of rotatable bonds is 8. The first-order valence-corrected chi connectivity index (χ1v) is 11.4. The summed E-state index contributed by atoms with van der Waals surface area (Å²) in [6.07, 6.45) is 0. The number of hydrogen-bond acceptors (Lipinski definition) is 7. The van der Waals surface area contributed by atoms with Gasteiger partial charge in [0, 0.05) is 0 Å². The molecule has 11 nitrogen and oxygen atoms in total. The monoisotopic (exact) mass is 492 g/mol. The fraction of sp³-hybridized carbons (Fsp3) is 0.238. The van der Waals surface area contributed by atoms with Crippen LogP contribution < -0.4 is 15.5 Å². The van der Waals surface area contributed by atoms with Gasteiger partial charge in [0.2, 0.25) is 10.0 Å². The van der Waals surface area contributed by atoms with Crippen LogP contribution in [0.5, 0.6) is 0 Å². The van der Waals surface area contributed by atoms with Crippen molar-refractivity contribution in [3.8, 4) is 0 Å². The van der Waals surface area contributed by atoms with Crippen LogP contribution in [-0.2, 0) is 34.7 Å². The number of nitrogens with one attached hydrogen (secondary N) is 3. The Labute approximate surface area is 194 Å². The van der Waals surface area contributed by atoms with E-state index in [1.807, 2.05) is 10.1 Å². The molecule has 0 radical (unpaired) electrons. The van der Waals surface area contributed by atoms with Crippen LogP contribution in [0.1, 0.15) is 19.4 Å². The molecule has 0 bridgehead atoms. The zero-order valence-corrected chi connectivity index (χ0v) is 18.9. The molecule has 0 spiro atoms. The van der Waals surface area contributed by atoms with Crippen molar-refractivity contribution in [3.05, 3.63) is 66.0 Å². The van der Waals surface area contributed by atoms with Gasteiger partial charge in [-0.15, -0.1) is 0 Å². The topological polar surface area (TPSA) is 151 Å². The Balaban J connectivity index is 1.56. The van der Waals surface area contributed by atoms with Crippen molar-refractivity contribution in [2.24, 2.45) is 0 Å². The average molecular weight is 492 g/mol. The van der Waals surface area contributed by atoms with Crippen molar-refractivity contribution in [2.75, 3.05) is 6.61 Å². The molecule has 3 N–H and O–H groups in total. The van der Waals surface area contributed by atoms with Crippen LogP contribution in [0.15, 0.2) is 59.5 Å². The summed E-state index contributed by atoms with van der Waals surface area (Å²) in [6, 6.07) is 10.6. The first-order valence-electron chi connectivity index (χ1n) is 9.91. The highest BCUT2D eigenvalue weighted by Gasteiger charge is 2.50. The quantitative estimate of drug-likeness (QED) is 0.359. The molecule has 13 heteroatoms. The third kappa shape index (κ3) is 5.05. The Kier molecular flexibility index (Phi) is 6.98. The highest BCUT2D eigenvalue weighted by molar-refractivity contribution is 7.89. The minimum absolute atomic E-state index is 0.466. The van der Waals surface area contributed by atoms with Gasteiger partial charge in [-0.25, -0.2) is 17.6 Å². The average Bonchev–Trinajstić information content (AvgIpc) is 3.01. The lowest BCUT2D eigenvalue weighted by molar-refractivity contribution is -0.151. The van der Waals surface area contributed by atoms with Crippen LogP contribution in [-0.4, -0.2) is 49.9 Å². The molecule has 1 aliphatic heterocycles. The van der Waals surface area contributed by atoms with Gasteiger partial charge in [0.1, 0.15) is 22.3 Å². The van der Waals surface area contributed by atoms with E-state index in [1.54, 1.807) is 30.3 Å². The number of amides is 4. The van der Waals surface area contributed by atoms with Gasteiger partial charge in [-0.2, -0.15) is 9.73 Å². The number of carbonyl (C=O) groups is 4. The second-order valence-electron chi connectivity index (χ2n) is 7.48. The van der Waals surface area contributed by atoms with Crippen LogP contribution in [0.4, 0.5) is 9.18 Å². The number of sulfonamides is 1. The standard InChI is InChI=1S/C21H21FN4O7S/c1-13(25-34(31,32)16-11-7-6-10-15(16)22)18(28)33-12-17(27)24-26-19(29)21(2,23-20(26)30)14-8-4-3-5-9-14/h3-11,13,25H,12H2,1-2H3,(H,23,30)(H,24,27)/t13-,21?/m0/s1. The number of urea groups is 1. The largest absolute Gasteiger partial charge is 0.454 e. The first kappa shape index (κ1) is 24.8. The van der Waals surface area contributed by atoms with E-state index in [0.717, 1.165) is 19.1 Å². The first-order chi connectivity index (χ1) is 16.0.